The van der Waals surface area contributed by atoms with Crippen LogP contribution in [-0.2, 0) is 16.1 Å². The van der Waals surface area contributed by atoms with Gasteiger partial charge in [0.25, 0.3) is 0 Å². The molecule has 3 heterocycles. The monoisotopic (exact) mass is 383 g/mol. The molecule has 1 N–H and O–H groups in total. The summed E-state index contributed by atoms with van der Waals surface area (Å²) in [5.74, 6) is 1.71. The minimum atomic E-state index is 0.0379. The average Bonchev–Trinajstić information content (AvgIpc) is 3.37. The van der Waals surface area contributed by atoms with Gasteiger partial charge in [0.2, 0.25) is 11.8 Å². The van der Waals surface area contributed by atoms with E-state index >= 15 is 0 Å². The van der Waals surface area contributed by atoms with Gasteiger partial charge in [-0.15, -0.1) is 0 Å². The van der Waals surface area contributed by atoms with Crippen molar-refractivity contribution < 1.29 is 13.9 Å². The standard InChI is InChI=1S/C22H29N3O3/c1-16-20(24-22(28-16)17-7-3-2-4-8-17)15-25-11-5-9-18(14-25)21(26)23-13-19-10-6-12-27-19/h2-4,7-8,18-19H,5-6,9-15H2,1H3,(H,23,26)/t18-,19-/m1/s1. The number of ether oxygens (including phenoxy) is 1. The van der Waals surface area contributed by atoms with Crippen LogP contribution in [0.2, 0.25) is 0 Å². The highest BCUT2D eigenvalue weighted by molar-refractivity contribution is 5.79. The molecule has 2 aliphatic rings. The van der Waals surface area contributed by atoms with E-state index in [4.69, 9.17) is 14.1 Å². The van der Waals surface area contributed by atoms with E-state index in [-0.39, 0.29) is 17.9 Å². The average molecular weight is 383 g/mol. The maximum Gasteiger partial charge on any atom is 0.226 e. The molecule has 150 valence electrons. The molecule has 0 radical (unpaired) electrons. The molecule has 2 fully saturated rings. The van der Waals surface area contributed by atoms with Gasteiger partial charge >= 0.3 is 0 Å². The predicted molar refractivity (Wildman–Crippen MR) is 107 cm³/mol. The third-order valence-electron chi connectivity index (χ3n) is 5.69. The first-order valence-electron chi connectivity index (χ1n) is 10.3. The lowest BCUT2D eigenvalue weighted by molar-refractivity contribution is -0.127. The normalized spacial score (nSPS) is 23.0. The second-order valence-electron chi connectivity index (χ2n) is 7.84. The minimum absolute atomic E-state index is 0.0379. The van der Waals surface area contributed by atoms with Crippen molar-refractivity contribution in [3.05, 3.63) is 41.8 Å². The van der Waals surface area contributed by atoms with E-state index in [1.54, 1.807) is 0 Å². The number of nitrogens with one attached hydrogen (secondary N) is 1. The number of oxazole rings is 1. The van der Waals surface area contributed by atoms with Crippen LogP contribution in [-0.4, -0.2) is 48.1 Å². The summed E-state index contributed by atoms with van der Waals surface area (Å²) in [5, 5.41) is 3.09. The Morgan fingerprint density at radius 3 is 2.89 bits per heavy atom. The van der Waals surface area contributed by atoms with Crippen molar-refractivity contribution in [2.75, 3.05) is 26.2 Å². The van der Waals surface area contributed by atoms with E-state index in [1.807, 2.05) is 37.3 Å². The Kier molecular flexibility index (Phi) is 6.07. The fourth-order valence-electron chi connectivity index (χ4n) is 4.07. The first kappa shape index (κ1) is 19.2. The lowest BCUT2D eigenvalue weighted by atomic mass is 9.97. The number of carbonyl (C=O) groups excluding carboxylic acids is 1. The molecule has 0 aliphatic carbocycles. The zero-order valence-corrected chi connectivity index (χ0v) is 16.5. The molecule has 0 saturated carbocycles. The topological polar surface area (TPSA) is 67.6 Å². The molecule has 0 spiro atoms. The molecule has 2 atom stereocenters. The molecule has 1 amide bonds. The van der Waals surface area contributed by atoms with Gasteiger partial charge in [0.15, 0.2) is 0 Å². The van der Waals surface area contributed by atoms with E-state index in [9.17, 15) is 4.79 Å². The van der Waals surface area contributed by atoms with Gasteiger partial charge in [-0.2, -0.15) is 0 Å². The van der Waals surface area contributed by atoms with Gasteiger partial charge in [0.05, 0.1) is 17.7 Å². The Balaban J connectivity index is 1.33. The van der Waals surface area contributed by atoms with Crippen molar-refractivity contribution in [3.8, 4) is 11.5 Å². The van der Waals surface area contributed by atoms with Crippen molar-refractivity contribution in [1.82, 2.24) is 15.2 Å². The van der Waals surface area contributed by atoms with Gasteiger partial charge in [0.1, 0.15) is 5.76 Å². The fraction of sp³-hybridized carbons (Fsp3) is 0.545. The number of hydrogen-bond acceptors (Lipinski definition) is 5. The number of rotatable bonds is 6. The molecule has 2 saturated heterocycles. The molecular weight excluding hydrogens is 354 g/mol. The first-order chi connectivity index (χ1) is 13.7. The van der Waals surface area contributed by atoms with Crippen LogP contribution in [0.3, 0.4) is 0 Å². The fourth-order valence-corrected chi connectivity index (χ4v) is 4.07. The van der Waals surface area contributed by atoms with E-state index in [0.717, 1.165) is 68.9 Å². The molecule has 2 aromatic rings. The number of piperidine rings is 1. The molecule has 0 bridgehead atoms. The summed E-state index contributed by atoms with van der Waals surface area (Å²) in [4.78, 5) is 19.6. The molecule has 1 aromatic heterocycles. The molecule has 4 rings (SSSR count). The van der Waals surface area contributed by atoms with Crippen molar-refractivity contribution in [1.29, 1.82) is 0 Å². The van der Waals surface area contributed by atoms with Gasteiger partial charge in [-0.25, -0.2) is 4.98 Å². The number of likely N-dealkylation sites (tertiary alicyclic amines) is 1. The summed E-state index contributed by atoms with van der Waals surface area (Å²) in [6, 6.07) is 9.96. The van der Waals surface area contributed by atoms with Gasteiger partial charge in [-0.05, 0) is 51.3 Å². The zero-order chi connectivity index (χ0) is 19.3. The lowest BCUT2D eigenvalue weighted by Crippen LogP contribution is -2.44. The molecule has 28 heavy (non-hydrogen) atoms. The van der Waals surface area contributed by atoms with Gasteiger partial charge in [-0.3, -0.25) is 9.69 Å². The molecular formula is C22H29N3O3. The van der Waals surface area contributed by atoms with E-state index in [2.05, 4.69) is 10.2 Å². The van der Waals surface area contributed by atoms with Crippen molar-refractivity contribution in [2.24, 2.45) is 5.92 Å². The van der Waals surface area contributed by atoms with E-state index in [1.165, 1.54) is 0 Å². The third-order valence-corrected chi connectivity index (χ3v) is 5.69. The van der Waals surface area contributed by atoms with E-state index in [0.29, 0.717) is 12.4 Å². The van der Waals surface area contributed by atoms with Crippen LogP contribution in [0.1, 0.15) is 37.1 Å². The summed E-state index contributed by atoms with van der Waals surface area (Å²) in [6.45, 7) is 5.90. The first-order valence-corrected chi connectivity index (χ1v) is 10.3. The summed E-state index contributed by atoms with van der Waals surface area (Å²) >= 11 is 0. The Morgan fingerprint density at radius 2 is 2.11 bits per heavy atom. The van der Waals surface area contributed by atoms with Crippen LogP contribution in [0, 0.1) is 12.8 Å². The van der Waals surface area contributed by atoms with Crippen LogP contribution in [0.15, 0.2) is 34.7 Å². The summed E-state index contributed by atoms with van der Waals surface area (Å²) in [5.41, 5.74) is 1.95. The largest absolute Gasteiger partial charge is 0.441 e. The Hall–Kier alpha value is -2.18. The number of carbonyl (C=O) groups is 1. The number of amides is 1. The smallest absolute Gasteiger partial charge is 0.226 e. The maximum atomic E-state index is 12.6. The molecule has 6 heteroatoms. The molecule has 1 aromatic carbocycles. The Labute approximate surface area is 166 Å². The highest BCUT2D eigenvalue weighted by Crippen LogP contribution is 2.24. The molecule has 6 nitrogen and oxygen atoms in total. The summed E-state index contributed by atoms with van der Waals surface area (Å²) in [6.07, 6.45) is 4.31. The minimum Gasteiger partial charge on any atom is -0.441 e. The summed E-state index contributed by atoms with van der Waals surface area (Å²) in [7, 11) is 0. The number of aryl methyl sites for hydroxylation is 1. The lowest BCUT2D eigenvalue weighted by Gasteiger charge is -2.31. The van der Waals surface area contributed by atoms with Crippen LogP contribution in [0.4, 0.5) is 0 Å². The van der Waals surface area contributed by atoms with Crippen molar-refractivity contribution in [2.45, 2.75) is 45.3 Å². The quantitative estimate of drug-likeness (QED) is 0.830. The van der Waals surface area contributed by atoms with Crippen molar-refractivity contribution in [3.63, 3.8) is 0 Å². The molecule has 2 aliphatic heterocycles. The summed E-state index contributed by atoms with van der Waals surface area (Å²) < 4.78 is 11.5. The predicted octanol–water partition coefficient (Wildman–Crippen LogP) is 3.16. The SMILES string of the molecule is Cc1oc(-c2ccccc2)nc1CN1CCC[C@@H](C(=O)NC[C@H]2CCCO2)C1. The van der Waals surface area contributed by atoms with Crippen LogP contribution in [0.25, 0.3) is 11.5 Å². The van der Waals surface area contributed by atoms with Crippen LogP contribution >= 0.6 is 0 Å². The number of hydrogen-bond donors (Lipinski definition) is 1. The Morgan fingerprint density at radius 1 is 1.25 bits per heavy atom. The number of aromatic nitrogens is 1. The highest BCUT2D eigenvalue weighted by atomic mass is 16.5. The van der Waals surface area contributed by atoms with E-state index < -0.39 is 0 Å². The zero-order valence-electron chi connectivity index (χ0n) is 16.5. The number of benzene rings is 1. The van der Waals surface area contributed by atoms with Gasteiger partial charge < -0.3 is 14.5 Å². The second kappa shape index (κ2) is 8.88. The maximum absolute atomic E-state index is 12.6. The van der Waals surface area contributed by atoms with Crippen LogP contribution < -0.4 is 5.32 Å². The second-order valence-corrected chi connectivity index (χ2v) is 7.84. The highest BCUT2D eigenvalue weighted by Gasteiger charge is 2.27. The van der Waals surface area contributed by atoms with Gasteiger partial charge in [0, 0.05) is 31.8 Å². The third kappa shape index (κ3) is 4.62. The van der Waals surface area contributed by atoms with Crippen LogP contribution in [0.5, 0.6) is 0 Å². The molecule has 0 unspecified atom stereocenters. The van der Waals surface area contributed by atoms with Gasteiger partial charge in [-0.1, -0.05) is 18.2 Å². The Bertz CT molecular complexity index is 784. The number of nitrogens with zero attached hydrogens (tertiary/aromatic N) is 2. The van der Waals surface area contributed by atoms with Crippen molar-refractivity contribution >= 4 is 5.91 Å².